The highest BCUT2D eigenvalue weighted by molar-refractivity contribution is 7.44. The topological polar surface area (TPSA) is 0 Å². The summed E-state index contributed by atoms with van der Waals surface area (Å²) in [4.78, 5) is 0. The van der Waals surface area contributed by atoms with Crippen LogP contribution in [-0.4, -0.2) is 5.80 Å². The molecule has 0 unspecified atom stereocenters. The fourth-order valence-corrected chi connectivity index (χ4v) is 1.60. The van der Waals surface area contributed by atoms with E-state index in [1.165, 1.54) is 19.1 Å². The molecule has 1 rings (SSSR count). The van der Waals surface area contributed by atoms with Crippen molar-refractivity contribution in [1.29, 1.82) is 0 Å². The first-order chi connectivity index (χ1) is 3.84. The molecular weight excluding hydrogens is 115 g/mol. The van der Waals surface area contributed by atoms with Gasteiger partial charge in [-0.05, 0) is 25.2 Å². The molecule has 0 saturated heterocycles. The lowest BCUT2D eigenvalue weighted by atomic mass is 10.3. The standard InChI is InChI=1S/C7H9P/c1-3-7-6(2)4-5-8-7/h3-5H,1-2H3. The highest BCUT2D eigenvalue weighted by Crippen LogP contribution is 2.26. The van der Waals surface area contributed by atoms with Gasteiger partial charge in [0.2, 0.25) is 0 Å². The van der Waals surface area contributed by atoms with E-state index in [1.54, 1.807) is 0 Å². The summed E-state index contributed by atoms with van der Waals surface area (Å²) in [6, 6.07) is 0. The van der Waals surface area contributed by atoms with Gasteiger partial charge in [0.05, 0.1) is 0 Å². The molecule has 0 aromatic carbocycles. The predicted molar refractivity (Wildman–Crippen MR) is 40.5 cm³/mol. The molecule has 0 spiro atoms. The van der Waals surface area contributed by atoms with Gasteiger partial charge in [0, 0.05) is 5.31 Å². The molecule has 1 heterocycles. The summed E-state index contributed by atoms with van der Waals surface area (Å²) in [5, 5.41) is 1.45. The van der Waals surface area contributed by atoms with E-state index in [9.17, 15) is 0 Å². The van der Waals surface area contributed by atoms with E-state index >= 15 is 0 Å². The maximum atomic E-state index is 2.17. The molecule has 0 N–H and O–H groups in total. The zero-order chi connectivity index (χ0) is 5.98. The first kappa shape index (κ1) is 5.78. The van der Waals surface area contributed by atoms with Crippen molar-refractivity contribution in [1.82, 2.24) is 0 Å². The SMILES string of the molecule is CC=C1P=CC=C1C. The molecular formula is C7H9P. The summed E-state index contributed by atoms with van der Waals surface area (Å²) in [6.07, 6.45) is 4.33. The molecule has 0 aromatic rings. The highest BCUT2D eigenvalue weighted by atomic mass is 31.1. The third kappa shape index (κ3) is 0.900. The zero-order valence-electron chi connectivity index (χ0n) is 5.18. The summed E-state index contributed by atoms with van der Waals surface area (Å²) in [7, 11) is 1.36. The second kappa shape index (κ2) is 2.28. The summed E-state index contributed by atoms with van der Waals surface area (Å²) in [6.45, 7) is 4.23. The van der Waals surface area contributed by atoms with Gasteiger partial charge in [-0.1, -0.05) is 20.4 Å². The van der Waals surface area contributed by atoms with Crippen molar-refractivity contribution in [3.8, 4) is 0 Å². The quantitative estimate of drug-likeness (QED) is 0.435. The second-order valence-electron chi connectivity index (χ2n) is 1.80. The monoisotopic (exact) mass is 124 g/mol. The first-order valence-electron chi connectivity index (χ1n) is 2.72. The lowest BCUT2D eigenvalue weighted by molar-refractivity contribution is 1.50. The lowest BCUT2D eigenvalue weighted by Gasteiger charge is -1.89. The van der Waals surface area contributed by atoms with Gasteiger partial charge in [0.15, 0.2) is 0 Å². The Balaban J connectivity index is 2.88. The number of hydrogen-bond donors (Lipinski definition) is 0. The van der Waals surface area contributed by atoms with Gasteiger partial charge in [-0.25, -0.2) is 0 Å². The number of rotatable bonds is 0. The molecule has 8 heavy (non-hydrogen) atoms. The average molecular weight is 124 g/mol. The summed E-state index contributed by atoms with van der Waals surface area (Å²) in [5.74, 6) is 2.17. The predicted octanol–water partition coefficient (Wildman–Crippen LogP) is 2.60. The van der Waals surface area contributed by atoms with Gasteiger partial charge in [0.25, 0.3) is 0 Å². The maximum Gasteiger partial charge on any atom is 0.000433 e. The average Bonchev–Trinajstić information content (AvgIpc) is 2.14. The zero-order valence-corrected chi connectivity index (χ0v) is 6.07. The molecule has 0 atom stereocenters. The maximum absolute atomic E-state index is 2.17. The van der Waals surface area contributed by atoms with Crippen LogP contribution in [0.5, 0.6) is 0 Å². The first-order valence-corrected chi connectivity index (χ1v) is 3.68. The van der Waals surface area contributed by atoms with E-state index in [4.69, 9.17) is 0 Å². The van der Waals surface area contributed by atoms with Gasteiger partial charge in [-0.2, -0.15) is 0 Å². The smallest absolute Gasteiger partial charge is 0.000433 e. The van der Waals surface area contributed by atoms with Crippen LogP contribution in [0.4, 0.5) is 0 Å². The van der Waals surface area contributed by atoms with E-state index in [2.05, 4.69) is 31.8 Å². The Morgan fingerprint density at radius 1 is 1.62 bits per heavy atom. The minimum absolute atomic E-state index is 1.36. The number of allylic oxidation sites excluding steroid dienone is 4. The van der Waals surface area contributed by atoms with Crippen LogP contribution in [0.25, 0.3) is 0 Å². The summed E-state index contributed by atoms with van der Waals surface area (Å²) < 4.78 is 0. The number of hydrogen-bond acceptors (Lipinski definition) is 0. The third-order valence-electron chi connectivity index (χ3n) is 1.22. The van der Waals surface area contributed by atoms with Crippen molar-refractivity contribution < 1.29 is 0 Å². The van der Waals surface area contributed by atoms with Gasteiger partial charge in [-0.3, -0.25) is 0 Å². The fourth-order valence-electron chi connectivity index (χ4n) is 0.719. The molecule has 0 fully saturated rings. The Hall–Kier alpha value is -0.350. The van der Waals surface area contributed by atoms with E-state index in [0.717, 1.165) is 0 Å². The van der Waals surface area contributed by atoms with Crippen LogP contribution in [0, 0.1) is 0 Å². The van der Waals surface area contributed by atoms with Crippen molar-refractivity contribution in [2.75, 3.05) is 0 Å². The summed E-state index contributed by atoms with van der Waals surface area (Å²) in [5.41, 5.74) is 1.41. The Labute approximate surface area is 51.7 Å². The molecule has 0 nitrogen and oxygen atoms in total. The van der Waals surface area contributed by atoms with E-state index in [0.29, 0.717) is 0 Å². The Bertz CT molecular complexity index is 173. The largest absolute Gasteiger partial charge is 0.0755 e. The molecule has 0 aliphatic carbocycles. The Morgan fingerprint density at radius 2 is 2.38 bits per heavy atom. The Morgan fingerprint density at radius 3 is 2.62 bits per heavy atom. The fraction of sp³-hybridized carbons (Fsp3) is 0.286. The molecule has 1 heteroatoms. The van der Waals surface area contributed by atoms with E-state index in [1.807, 2.05) is 0 Å². The van der Waals surface area contributed by atoms with Crippen LogP contribution in [0.1, 0.15) is 13.8 Å². The van der Waals surface area contributed by atoms with Crippen molar-refractivity contribution in [2.45, 2.75) is 13.8 Å². The van der Waals surface area contributed by atoms with Crippen LogP contribution in [-0.2, 0) is 0 Å². The van der Waals surface area contributed by atoms with Gasteiger partial charge in [-0.15, -0.1) is 0 Å². The Kier molecular flexibility index (Phi) is 1.65. The van der Waals surface area contributed by atoms with Gasteiger partial charge >= 0.3 is 0 Å². The molecule has 0 saturated carbocycles. The molecule has 0 radical (unpaired) electrons. The van der Waals surface area contributed by atoms with Crippen LogP contribution < -0.4 is 0 Å². The molecule has 0 bridgehead atoms. The minimum atomic E-state index is 1.36. The van der Waals surface area contributed by atoms with Gasteiger partial charge in [0.1, 0.15) is 0 Å². The normalized spacial score (nSPS) is 24.2. The molecule has 1 aliphatic rings. The summed E-state index contributed by atoms with van der Waals surface area (Å²) >= 11 is 0. The lowest BCUT2D eigenvalue weighted by Crippen LogP contribution is -1.66. The highest BCUT2D eigenvalue weighted by Gasteiger charge is 1.96. The van der Waals surface area contributed by atoms with Gasteiger partial charge < -0.3 is 0 Å². The van der Waals surface area contributed by atoms with Crippen LogP contribution in [0.3, 0.4) is 0 Å². The van der Waals surface area contributed by atoms with Crippen molar-refractivity contribution >= 4 is 14.0 Å². The van der Waals surface area contributed by atoms with Crippen molar-refractivity contribution in [2.24, 2.45) is 0 Å². The second-order valence-corrected chi connectivity index (χ2v) is 2.84. The van der Waals surface area contributed by atoms with E-state index < -0.39 is 0 Å². The minimum Gasteiger partial charge on any atom is -0.0755 e. The van der Waals surface area contributed by atoms with Crippen molar-refractivity contribution in [3.05, 3.63) is 23.0 Å². The van der Waals surface area contributed by atoms with Crippen LogP contribution in [0.15, 0.2) is 23.0 Å². The molecule has 1 aliphatic heterocycles. The molecule has 42 valence electrons. The third-order valence-corrected chi connectivity index (χ3v) is 2.40. The van der Waals surface area contributed by atoms with Crippen LogP contribution >= 0.6 is 8.20 Å². The van der Waals surface area contributed by atoms with E-state index in [-0.39, 0.29) is 0 Å². The van der Waals surface area contributed by atoms with Crippen LogP contribution in [0.2, 0.25) is 0 Å². The van der Waals surface area contributed by atoms with Crippen molar-refractivity contribution in [3.63, 3.8) is 0 Å². The molecule has 0 aromatic heterocycles. The molecule has 0 amide bonds.